The predicted octanol–water partition coefficient (Wildman–Crippen LogP) is 5.76. The van der Waals surface area contributed by atoms with Gasteiger partial charge < -0.3 is 10.2 Å². The number of ketones is 1. The molecule has 2 N–H and O–H groups in total. The molecule has 3 nitrogen and oxygen atoms in total. The van der Waals surface area contributed by atoms with Crippen LogP contribution in [0, 0.1) is 46.3 Å². The highest BCUT2D eigenvalue weighted by molar-refractivity contribution is 5.89. The van der Waals surface area contributed by atoms with Crippen LogP contribution in [-0.2, 0) is 4.79 Å². The summed E-state index contributed by atoms with van der Waals surface area (Å²) < 4.78 is 0. The highest BCUT2D eigenvalue weighted by Gasteiger charge is 2.67. The minimum Gasteiger partial charge on any atom is -0.393 e. The first-order valence-electron chi connectivity index (χ1n) is 13.0. The predicted molar refractivity (Wildman–Crippen MR) is 121 cm³/mol. The van der Waals surface area contributed by atoms with E-state index in [1.165, 1.54) is 38.5 Å². The van der Waals surface area contributed by atoms with Crippen molar-refractivity contribution in [2.24, 2.45) is 46.3 Å². The van der Waals surface area contributed by atoms with E-state index in [1.807, 2.05) is 0 Å². The molecule has 0 aromatic carbocycles. The summed E-state index contributed by atoms with van der Waals surface area (Å²) in [4.78, 5) is 13.3. The molecule has 4 fully saturated rings. The molecular formula is C27H46O3. The lowest BCUT2D eigenvalue weighted by atomic mass is 9.42. The second kappa shape index (κ2) is 7.87. The number of hydrogen-bond donors (Lipinski definition) is 2. The Kier molecular flexibility index (Phi) is 5.97. The maximum absolute atomic E-state index is 13.3. The van der Waals surface area contributed by atoms with Gasteiger partial charge >= 0.3 is 0 Å². The molecular weight excluding hydrogens is 372 g/mol. The van der Waals surface area contributed by atoms with Crippen molar-refractivity contribution in [3.8, 4) is 0 Å². The number of fused-ring (bicyclic) bond motifs is 5. The zero-order valence-corrected chi connectivity index (χ0v) is 20.1. The molecule has 1 unspecified atom stereocenters. The molecule has 4 aliphatic carbocycles. The zero-order chi connectivity index (χ0) is 21.9. The van der Waals surface area contributed by atoms with E-state index < -0.39 is 11.7 Å². The molecule has 0 amide bonds. The monoisotopic (exact) mass is 418 g/mol. The molecule has 9 atom stereocenters. The van der Waals surface area contributed by atoms with Crippen LogP contribution in [0.25, 0.3) is 0 Å². The minimum absolute atomic E-state index is 0.0303. The van der Waals surface area contributed by atoms with Gasteiger partial charge in [0.05, 0.1) is 6.10 Å². The third kappa shape index (κ3) is 3.33. The van der Waals surface area contributed by atoms with Crippen molar-refractivity contribution in [3.05, 3.63) is 0 Å². The molecule has 0 aromatic heterocycles. The molecule has 4 aliphatic rings. The Labute approximate surface area is 184 Å². The van der Waals surface area contributed by atoms with Crippen molar-refractivity contribution in [1.82, 2.24) is 0 Å². The first kappa shape index (κ1) is 22.8. The highest BCUT2D eigenvalue weighted by atomic mass is 16.3. The number of hydrogen-bond acceptors (Lipinski definition) is 3. The fraction of sp³-hybridized carbons (Fsp3) is 0.963. The Morgan fingerprint density at radius 1 is 1.00 bits per heavy atom. The molecule has 30 heavy (non-hydrogen) atoms. The number of rotatable bonds is 5. The third-order valence-electron chi connectivity index (χ3n) is 10.8. The molecule has 0 aliphatic heterocycles. The van der Waals surface area contributed by atoms with E-state index in [9.17, 15) is 15.0 Å². The van der Waals surface area contributed by atoms with Crippen LogP contribution in [0.15, 0.2) is 0 Å². The molecule has 4 saturated carbocycles. The van der Waals surface area contributed by atoms with Crippen LogP contribution in [-0.4, -0.2) is 27.7 Å². The van der Waals surface area contributed by atoms with Crippen molar-refractivity contribution in [2.45, 2.75) is 117 Å². The van der Waals surface area contributed by atoms with Gasteiger partial charge in [-0.25, -0.2) is 0 Å². The van der Waals surface area contributed by atoms with Gasteiger partial charge in [-0.2, -0.15) is 0 Å². The lowest BCUT2D eigenvalue weighted by molar-refractivity contribution is -0.213. The third-order valence-corrected chi connectivity index (χ3v) is 10.8. The van der Waals surface area contributed by atoms with Crippen molar-refractivity contribution in [2.75, 3.05) is 0 Å². The fourth-order valence-corrected chi connectivity index (χ4v) is 9.04. The van der Waals surface area contributed by atoms with E-state index in [0.29, 0.717) is 29.6 Å². The lowest BCUT2D eigenvalue weighted by Crippen LogP contribution is -2.67. The van der Waals surface area contributed by atoms with Gasteiger partial charge in [0.1, 0.15) is 5.60 Å². The fourth-order valence-electron chi connectivity index (χ4n) is 9.04. The molecule has 0 aromatic rings. The van der Waals surface area contributed by atoms with Crippen LogP contribution in [0.2, 0.25) is 0 Å². The molecule has 0 heterocycles. The molecule has 0 radical (unpaired) electrons. The largest absolute Gasteiger partial charge is 0.393 e. The van der Waals surface area contributed by atoms with E-state index >= 15 is 0 Å². The second-order valence-corrected chi connectivity index (χ2v) is 12.7. The summed E-state index contributed by atoms with van der Waals surface area (Å²) in [5.74, 6) is 3.87. The second-order valence-electron chi connectivity index (χ2n) is 12.7. The van der Waals surface area contributed by atoms with Crippen LogP contribution in [0.1, 0.15) is 105 Å². The Hall–Kier alpha value is -0.410. The van der Waals surface area contributed by atoms with Gasteiger partial charge in [0.15, 0.2) is 5.78 Å². The van der Waals surface area contributed by atoms with E-state index in [2.05, 4.69) is 34.6 Å². The number of aliphatic hydroxyl groups excluding tert-OH is 1. The van der Waals surface area contributed by atoms with Gasteiger partial charge in [-0.1, -0.05) is 53.9 Å². The summed E-state index contributed by atoms with van der Waals surface area (Å²) in [7, 11) is 0. The molecule has 0 bridgehead atoms. The van der Waals surface area contributed by atoms with Crippen LogP contribution in [0.5, 0.6) is 0 Å². The zero-order valence-electron chi connectivity index (χ0n) is 20.1. The number of carbonyl (C=O) groups excluding carboxylic acids is 1. The first-order valence-corrected chi connectivity index (χ1v) is 13.0. The number of aliphatic hydroxyl groups is 2. The maximum atomic E-state index is 13.3. The Balaban J connectivity index is 1.54. The Morgan fingerprint density at radius 2 is 1.73 bits per heavy atom. The highest BCUT2D eigenvalue weighted by Crippen LogP contribution is 2.68. The van der Waals surface area contributed by atoms with Gasteiger partial charge in [0.2, 0.25) is 0 Å². The molecule has 4 rings (SSSR count). The molecule has 3 heteroatoms. The summed E-state index contributed by atoms with van der Waals surface area (Å²) in [6, 6.07) is 0. The number of Topliss-reactive ketones (excluding diaryl/α,β-unsaturated/α-hetero) is 1. The molecule has 0 spiro atoms. The Morgan fingerprint density at radius 3 is 2.43 bits per heavy atom. The number of carbonyl (C=O) groups is 1. The van der Waals surface area contributed by atoms with Gasteiger partial charge in [0, 0.05) is 18.3 Å². The van der Waals surface area contributed by atoms with Crippen LogP contribution in [0.4, 0.5) is 0 Å². The topological polar surface area (TPSA) is 57.5 Å². The van der Waals surface area contributed by atoms with Gasteiger partial charge in [0.25, 0.3) is 0 Å². The standard InChI is InChI=1S/C27H46O3/c1-17(2)7-6-8-18(3)21-9-10-22-20-15-24(29)27(30)16-19(28)11-14-26(27,5)23(20)12-13-25(21,22)4/h17-23,28,30H,6-16H2,1-5H3/t18?,19-,20-,21+,22-,23-,25+,26+,27-/m0/s1. The van der Waals surface area contributed by atoms with E-state index in [1.54, 1.807) is 0 Å². The normalized spacial score (nSPS) is 49.5. The van der Waals surface area contributed by atoms with Crippen LogP contribution in [0.3, 0.4) is 0 Å². The minimum atomic E-state index is -1.30. The molecule has 0 saturated heterocycles. The van der Waals surface area contributed by atoms with Crippen molar-refractivity contribution < 1.29 is 15.0 Å². The van der Waals surface area contributed by atoms with E-state index in [0.717, 1.165) is 37.0 Å². The summed E-state index contributed by atoms with van der Waals surface area (Å²) in [6.07, 6.45) is 10.8. The van der Waals surface area contributed by atoms with Crippen LogP contribution < -0.4 is 0 Å². The van der Waals surface area contributed by atoms with Gasteiger partial charge in [-0.15, -0.1) is 0 Å². The summed E-state index contributed by atoms with van der Waals surface area (Å²) in [6.45, 7) is 11.9. The Bertz CT molecular complexity index is 658. The SMILES string of the molecule is CC(C)CCCC(C)[C@H]1CC[C@H]2[C@@H]3CC(=O)[C@@]4(O)C[C@@H](O)CC[C@]4(C)[C@H]3CC[C@]12C. The molecule has 172 valence electrons. The average Bonchev–Trinajstić information content (AvgIpc) is 3.01. The van der Waals surface area contributed by atoms with E-state index in [4.69, 9.17) is 0 Å². The summed E-state index contributed by atoms with van der Waals surface area (Å²) >= 11 is 0. The summed E-state index contributed by atoms with van der Waals surface area (Å²) in [5, 5.41) is 21.7. The van der Waals surface area contributed by atoms with Crippen molar-refractivity contribution in [1.29, 1.82) is 0 Å². The van der Waals surface area contributed by atoms with Crippen molar-refractivity contribution >= 4 is 5.78 Å². The quantitative estimate of drug-likeness (QED) is 0.596. The maximum Gasteiger partial charge on any atom is 0.165 e. The smallest absolute Gasteiger partial charge is 0.165 e. The van der Waals surface area contributed by atoms with Gasteiger partial charge in [-0.05, 0) is 79.4 Å². The van der Waals surface area contributed by atoms with Crippen LogP contribution >= 0.6 is 0 Å². The summed E-state index contributed by atoms with van der Waals surface area (Å²) in [5.41, 5.74) is -1.30. The average molecular weight is 419 g/mol. The van der Waals surface area contributed by atoms with Crippen molar-refractivity contribution in [3.63, 3.8) is 0 Å². The lowest BCUT2D eigenvalue weighted by Gasteiger charge is -2.63. The van der Waals surface area contributed by atoms with Gasteiger partial charge in [-0.3, -0.25) is 4.79 Å². The first-order chi connectivity index (χ1) is 14.0. The van der Waals surface area contributed by atoms with E-state index in [-0.39, 0.29) is 17.6 Å².